The molecule has 0 aliphatic heterocycles. The van der Waals surface area contributed by atoms with E-state index in [9.17, 15) is 4.79 Å². The van der Waals surface area contributed by atoms with Crippen molar-refractivity contribution in [3.8, 4) is 0 Å². The van der Waals surface area contributed by atoms with Crippen LogP contribution in [0.25, 0.3) is 0 Å². The van der Waals surface area contributed by atoms with E-state index >= 15 is 0 Å². The minimum Gasteiger partial charge on any atom is -0.364 e. The minimum atomic E-state index is -0.0272. The van der Waals surface area contributed by atoms with Crippen molar-refractivity contribution in [2.45, 2.75) is 30.1 Å². The van der Waals surface area contributed by atoms with Crippen molar-refractivity contribution in [3.05, 3.63) is 81.7 Å². The maximum absolute atomic E-state index is 13.1. The van der Waals surface area contributed by atoms with Crippen LogP contribution in [-0.2, 0) is 6.42 Å². The molecule has 1 aliphatic carbocycles. The van der Waals surface area contributed by atoms with Crippen LogP contribution in [0.3, 0.4) is 0 Å². The van der Waals surface area contributed by atoms with Crippen molar-refractivity contribution in [1.82, 2.24) is 5.16 Å². The topological polar surface area (TPSA) is 43.1 Å². The Morgan fingerprint density at radius 3 is 2.73 bits per heavy atom. The molecule has 3 aromatic rings. The number of hydrogen-bond donors (Lipinski definition) is 0. The summed E-state index contributed by atoms with van der Waals surface area (Å²) in [5, 5.41) is 4.78. The molecule has 0 atom stereocenters. The van der Waals surface area contributed by atoms with Crippen LogP contribution in [0.1, 0.15) is 51.5 Å². The number of benzene rings is 2. The van der Waals surface area contributed by atoms with Gasteiger partial charge < -0.3 is 4.52 Å². The van der Waals surface area contributed by atoms with Crippen molar-refractivity contribution in [2.75, 3.05) is 6.26 Å². The molecule has 26 heavy (non-hydrogen) atoms. The van der Waals surface area contributed by atoms with Crippen LogP contribution in [0.2, 0.25) is 5.02 Å². The first-order chi connectivity index (χ1) is 12.7. The zero-order chi connectivity index (χ0) is 18.1. The zero-order valence-corrected chi connectivity index (χ0v) is 15.9. The molecule has 0 amide bonds. The highest BCUT2D eigenvalue weighted by atomic mass is 35.5. The Labute approximate surface area is 161 Å². The van der Waals surface area contributed by atoms with Gasteiger partial charge in [-0.3, -0.25) is 4.79 Å². The second kappa shape index (κ2) is 7.29. The fourth-order valence-electron chi connectivity index (χ4n) is 3.11. The molecule has 1 heterocycles. The SMILES string of the molecule is CSc1ccc(Cc2ccccc2C(=O)c2conc2C2CC2)c(Cl)c1. The normalized spacial score (nSPS) is 13.8. The van der Waals surface area contributed by atoms with Gasteiger partial charge in [-0.2, -0.15) is 0 Å². The molecule has 1 saturated carbocycles. The molecule has 5 heteroatoms. The van der Waals surface area contributed by atoms with Crippen molar-refractivity contribution >= 4 is 29.1 Å². The van der Waals surface area contributed by atoms with Gasteiger partial charge in [-0.1, -0.05) is 47.1 Å². The van der Waals surface area contributed by atoms with Crippen LogP contribution in [0.5, 0.6) is 0 Å². The number of halogens is 1. The molecule has 0 N–H and O–H groups in total. The van der Waals surface area contributed by atoms with Crippen molar-refractivity contribution < 1.29 is 9.32 Å². The summed E-state index contributed by atoms with van der Waals surface area (Å²) >= 11 is 8.10. The monoisotopic (exact) mass is 383 g/mol. The predicted molar refractivity (Wildman–Crippen MR) is 104 cm³/mol. The predicted octanol–water partition coefficient (Wildman–Crippen LogP) is 5.75. The van der Waals surface area contributed by atoms with E-state index in [-0.39, 0.29) is 5.78 Å². The summed E-state index contributed by atoms with van der Waals surface area (Å²) in [6, 6.07) is 13.7. The first kappa shape index (κ1) is 17.4. The highest BCUT2D eigenvalue weighted by molar-refractivity contribution is 7.98. The Balaban J connectivity index is 1.66. The third-order valence-electron chi connectivity index (χ3n) is 4.71. The van der Waals surface area contributed by atoms with E-state index in [1.807, 2.05) is 42.7 Å². The number of ketones is 1. The largest absolute Gasteiger partial charge is 0.364 e. The summed E-state index contributed by atoms with van der Waals surface area (Å²) in [7, 11) is 0. The van der Waals surface area contributed by atoms with Crippen molar-refractivity contribution in [1.29, 1.82) is 0 Å². The molecular formula is C21H18ClNO2S. The van der Waals surface area contributed by atoms with Gasteiger partial charge in [0.25, 0.3) is 0 Å². The smallest absolute Gasteiger partial charge is 0.198 e. The zero-order valence-electron chi connectivity index (χ0n) is 14.4. The third kappa shape index (κ3) is 3.44. The fourth-order valence-corrected chi connectivity index (χ4v) is 3.86. The Hall–Kier alpha value is -2.04. The average Bonchev–Trinajstić information content (AvgIpc) is 3.39. The number of thioether (sulfide) groups is 1. The van der Waals surface area contributed by atoms with E-state index in [1.165, 1.54) is 6.26 Å². The van der Waals surface area contributed by atoms with Gasteiger partial charge in [0, 0.05) is 21.4 Å². The van der Waals surface area contributed by atoms with Crippen LogP contribution in [0, 0.1) is 0 Å². The Kier molecular flexibility index (Phi) is 4.88. The molecule has 0 bridgehead atoms. The molecule has 0 saturated heterocycles. The number of rotatable bonds is 6. The fraction of sp³-hybridized carbons (Fsp3) is 0.238. The minimum absolute atomic E-state index is 0.0272. The number of aromatic nitrogens is 1. The van der Waals surface area contributed by atoms with E-state index in [1.54, 1.807) is 11.8 Å². The van der Waals surface area contributed by atoms with Gasteiger partial charge in [-0.05, 0) is 48.8 Å². The van der Waals surface area contributed by atoms with Gasteiger partial charge in [-0.25, -0.2) is 0 Å². The molecule has 0 spiro atoms. The molecule has 0 radical (unpaired) electrons. The Bertz CT molecular complexity index is 962. The molecule has 1 aromatic heterocycles. The summed E-state index contributed by atoms with van der Waals surface area (Å²) in [4.78, 5) is 14.2. The van der Waals surface area contributed by atoms with E-state index < -0.39 is 0 Å². The maximum Gasteiger partial charge on any atom is 0.198 e. The van der Waals surface area contributed by atoms with Crippen molar-refractivity contribution in [3.63, 3.8) is 0 Å². The van der Waals surface area contributed by atoms with Gasteiger partial charge in [-0.15, -0.1) is 11.8 Å². The highest BCUT2D eigenvalue weighted by Crippen LogP contribution is 2.41. The number of nitrogens with zero attached hydrogens (tertiary/aromatic N) is 1. The number of carbonyl (C=O) groups excluding carboxylic acids is 1. The quantitative estimate of drug-likeness (QED) is 0.401. The van der Waals surface area contributed by atoms with Gasteiger partial charge >= 0.3 is 0 Å². The molecular weight excluding hydrogens is 366 g/mol. The molecule has 0 unspecified atom stereocenters. The van der Waals surface area contributed by atoms with Crippen LogP contribution in [0.4, 0.5) is 0 Å². The first-order valence-corrected chi connectivity index (χ1v) is 10.2. The van der Waals surface area contributed by atoms with Crippen molar-refractivity contribution in [2.24, 2.45) is 0 Å². The van der Waals surface area contributed by atoms with E-state index in [2.05, 4.69) is 11.2 Å². The van der Waals surface area contributed by atoms with Gasteiger partial charge in [0.1, 0.15) is 6.26 Å². The molecule has 132 valence electrons. The van der Waals surface area contributed by atoms with E-state index in [0.29, 0.717) is 23.5 Å². The average molecular weight is 384 g/mol. The maximum atomic E-state index is 13.1. The van der Waals surface area contributed by atoms with Gasteiger partial charge in [0.2, 0.25) is 0 Å². The lowest BCUT2D eigenvalue weighted by molar-refractivity contribution is 0.103. The summed E-state index contributed by atoms with van der Waals surface area (Å²) in [5.74, 6) is 0.342. The van der Waals surface area contributed by atoms with Crippen LogP contribution in [-0.4, -0.2) is 17.2 Å². The summed E-state index contributed by atoms with van der Waals surface area (Å²) in [5.41, 5.74) is 4.04. The summed E-state index contributed by atoms with van der Waals surface area (Å²) < 4.78 is 5.10. The Morgan fingerprint density at radius 2 is 2.00 bits per heavy atom. The van der Waals surface area contributed by atoms with E-state index in [0.717, 1.165) is 39.6 Å². The molecule has 1 fully saturated rings. The lowest BCUT2D eigenvalue weighted by Crippen LogP contribution is -2.07. The standard InChI is InChI=1S/C21H18ClNO2S/c1-26-16-9-8-15(19(22)11-16)10-14-4-2-3-5-17(14)21(24)18-12-25-23-20(18)13-6-7-13/h2-5,8-9,11-13H,6-7,10H2,1H3. The molecule has 2 aromatic carbocycles. The molecule has 1 aliphatic rings. The first-order valence-electron chi connectivity index (χ1n) is 8.56. The van der Waals surface area contributed by atoms with Crippen LogP contribution in [0.15, 0.2) is 58.1 Å². The second-order valence-corrected chi connectivity index (χ2v) is 7.79. The van der Waals surface area contributed by atoms with Crippen LogP contribution >= 0.6 is 23.4 Å². The summed E-state index contributed by atoms with van der Waals surface area (Å²) in [6.45, 7) is 0. The summed E-state index contributed by atoms with van der Waals surface area (Å²) in [6.07, 6.45) is 6.26. The number of hydrogen-bond acceptors (Lipinski definition) is 4. The lowest BCUT2D eigenvalue weighted by Gasteiger charge is -2.10. The second-order valence-electron chi connectivity index (χ2n) is 6.51. The van der Waals surface area contributed by atoms with Crippen LogP contribution < -0.4 is 0 Å². The molecule has 3 nitrogen and oxygen atoms in total. The Morgan fingerprint density at radius 1 is 1.19 bits per heavy atom. The number of carbonyl (C=O) groups is 1. The third-order valence-corrected chi connectivity index (χ3v) is 5.79. The highest BCUT2D eigenvalue weighted by Gasteiger charge is 2.32. The van der Waals surface area contributed by atoms with E-state index in [4.69, 9.17) is 16.1 Å². The van der Waals surface area contributed by atoms with Gasteiger partial charge in [0.15, 0.2) is 5.78 Å². The lowest BCUT2D eigenvalue weighted by atomic mass is 9.94. The van der Waals surface area contributed by atoms with Gasteiger partial charge in [0.05, 0.1) is 11.3 Å². The molecule has 4 rings (SSSR count).